The molecule has 1 aromatic carbocycles. The highest BCUT2D eigenvalue weighted by Gasteiger charge is 2.54. The van der Waals surface area contributed by atoms with E-state index in [9.17, 15) is 9.90 Å². The molecular formula is C14H10O2S. The van der Waals surface area contributed by atoms with Gasteiger partial charge in [-0.15, -0.1) is 11.3 Å². The van der Waals surface area contributed by atoms with Gasteiger partial charge in [-0.3, -0.25) is 4.79 Å². The molecule has 0 aliphatic heterocycles. The summed E-state index contributed by atoms with van der Waals surface area (Å²) in [5, 5.41) is 11.4. The zero-order valence-electron chi connectivity index (χ0n) is 8.96. The monoisotopic (exact) mass is 242 g/mol. The average Bonchev–Trinajstić information content (AvgIpc) is 2.88. The molecule has 1 aromatic heterocycles. The molecule has 2 aromatic rings. The van der Waals surface area contributed by atoms with E-state index in [1.54, 1.807) is 0 Å². The molecule has 2 nitrogen and oxygen atoms in total. The lowest BCUT2D eigenvalue weighted by Crippen LogP contribution is -2.22. The summed E-state index contributed by atoms with van der Waals surface area (Å²) in [6.45, 7) is 0. The standard InChI is InChI=1S/C14H10O2S/c15-13(16)14(12-7-4-8-17-12)9-11(14)10-5-2-1-3-6-10/h1-9H,(H,15,16). The van der Waals surface area contributed by atoms with E-state index < -0.39 is 11.4 Å². The van der Waals surface area contributed by atoms with E-state index in [4.69, 9.17) is 0 Å². The van der Waals surface area contributed by atoms with E-state index in [1.807, 2.05) is 53.9 Å². The Bertz CT molecular complexity index is 584. The number of thiophene rings is 1. The van der Waals surface area contributed by atoms with Crippen LogP contribution in [-0.4, -0.2) is 11.1 Å². The molecule has 0 amide bonds. The van der Waals surface area contributed by atoms with Crippen molar-refractivity contribution in [2.75, 3.05) is 0 Å². The van der Waals surface area contributed by atoms with Gasteiger partial charge in [0.2, 0.25) is 0 Å². The minimum Gasteiger partial charge on any atom is -0.480 e. The normalized spacial score (nSPS) is 22.0. The molecule has 84 valence electrons. The van der Waals surface area contributed by atoms with Crippen molar-refractivity contribution in [3.63, 3.8) is 0 Å². The number of hydrogen-bond donors (Lipinski definition) is 1. The molecule has 0 radical (unpaired) electrons. The molecule has 0 fully saturated rings. The second kappa shape index (κ2) is 3.57. The van der Waals surface area contributed by atoms with Gasteiger partial charge in [0, 0.05) is 4.88 Å². The van der Waals surface area contributed by atoms with Gasteiger partial charge in [-0.2, -0.15) is 0 Å². The highest BCUT2D eigenvalue weighted by molar-refractivity contribution is 7.10. The summed E-state index contributed by atoms with van der Waals surface area (Å²) in [6.07, 6.45) is 1.83. The maximum Gasteiger partial charge on any atom is 0.323 e. The topological polar surface area (TPSA) is 37.3 Å². The van der Waals surface area contributed by atoms with Crippen molar-refractivity contribution in [3.05, 3.63) is 64.4 Å². The van der Waals surface area contributed by atoms with Gasteiger partial charge in [0.1, 0.15) is 5.41 Å². The van der Waals surface area contributed by atoms with E-state index in [0.29, 0.717) is 0 Å². The molecule has 1 aliphatic rings. The maximum absolute atomic E-state index is 11.5. The van der Waals surface area contributed by atoms with Crippen LogP contribution in [0.25, 0.3) is 5.57 Å². The summed E-state index contributed by atoms with van der Waals surface area (Å²) in [6, 6.07) is 13.4. The lowest BCUT2D eigenvalue weighted by atomic mass is 9.94. The maximum atomic E-state index is 11.5. The third-order valence-corrected chi connectivity index (χ3v) is 4.04. The van der Waals surface area contributed by atoms with Crippen LogP contribution in [0.3, 0.4) is 0 Å². The minimum absolute atomic E-state index is 0.793. The Morgan fingerprint density at radius 1 is 1.12 bits per heavy atom. The second-order valence-corrected chi connectivity index (χ2v) is 4.96. The van der Waals surface area contributed by atoms with Crippen molar-refractivity contribution >= 4 is 22.9 Å². The minimum atomic E-state index is -0.879. The first-order valence-corrected chi connectivity index (χ1v) is 6.19. The van der Waals surface area contributed by atoms with Crippen LogP contribution in [0.2, 0.25) is 0 Å². The van der Waals surface area contributed by atoms with E-state index in [0.717, 1.165) is 16.0 Å². The van der Waals surface area contributed by atoms with Crippen LogP contribution < -0.4 is 0 Å². The summed E-state index contributed by atoms with van der Waals surface area (Å²) in [5.41, 5.74) is 1.01. The number of carboxylic acids is 1. The Morgan fingerprint density at radius 3 is 2.47 bits per heavy atom. The molecule has 3 rings (SSSR count). The van der Waals surface area contributed by atoms with Crippen LogP contribution >= 0.6 is 11.3 Å². The van der Waals surface area contributed by atoms with E-state index in [2.05, 4.69) is 0 Å². The van der Waals surface area contributed by atoms with Crippen LogP contribution in [0.5, 0.6) is 0 Å². The van der Waals surface area contributed by atoms with E-state index >= 15 is 0 Å². The van der Waals surface area contributed by atoms with E-state index in [-0.39, 0.29) is 0 Å². The van der Waals surface area contributed by atoms with Crippen molar-refractivity contribution in [1.29, 1.82) is 0 Å². The summed E-state index contributed by atoms with van der Waals surface area (Å²) < 4.78 is 0. The number of hydrogen-bond acceptors (Lipinski definition) is 2. The second-order valence-electron chi connectivity index (χ2n) is 4.01. The van der Waals surface area contributed by atoms with Gasteiger partial charge in [0.25, 0.3) is 0 Å². The lowest BCUT2D eigenvalue weighted by Gasteiger charge is -2.11. The molecule has 1 unspecified atom stereocenters. The van der Waals surface area contributed by atoms with Crippen molar-refractivity contribution in [2.24, 2.45) is 0 Å². The summed E-state index contributed by atoms with van der Waals surface area (Å²) in [5.74, 6) is -0.793. The zero-order chi connectivity index (χ0) is 11.9. The molecule has 17 heavy (non-hydrogen) atoms. The lowest BCUT2D eigenvalue weighted by molar-refractivity contribution is -0.138. The fraction of sp³-hybridized carbons (Fsp3) is 0.0714. The molecule has 0 saturated heterocycles. The molecule has 1 N–H and O–H groups in total. The number of aliphatic carboxylic acids is 1. The zero-order valence-corrected chi connectivity index (χ0v) is 9.78. The van der Waals surface area contributed by atoms with Gasteiger partial charge >= 0.3 is 5.97 Å². The first kappa shape index (κ1) is 10.3. The van der Waals surface area contributed by atoms with Gasteiger partial charge in [0.15, 0.2) is 0 Å². The molecular weight excluding hydrogens is 232 g/mol. The average molecular weight is 242 g/mol. The van der Waals surface area contributed by atoms with Gasteiger partial charge in [0.05, 0.1) is 0 Å². The number of benzene rings is 1. The van der Waals surface area contributed by atoms with Gasteiger partial charge in [-0.05, 0) is 22.6 Å². The molecule has 0 bridgehead atoms. The molecule has 1 atom stereocenters. The fourth-order valence-electron chi connectivity index (χ4n) is 2.10. The van der Waals surface area contributed by atoms with Crippen LogP contribution in [0.1, 0.15) is 10.4 Å². The first-order valence-electron chi connectivity index (χ1n) is 5.31. The summed E-state index contributed by atoms with van der Waals surface area (Å²) in [7, 11) is 0. The Labute approximate surface area is 103 Å². The smallest absolute Gasteiger partial charge is 0.323 e. The highest BCUT2D eigenvalue weighted by Crippen LogP contribution is 2.54. The molecule has 1 aliphatic carbocycles. The van der Waals surface area contributed by atoms with Crippen LogP contribution in [0.4, 0.5) is 0 Å². The third kappa shape index (κ3) is 1.43. The summed E-state index contributed by atoms with van der Waals surface area (Å²) >= 11 is 1.49. The van der Waals surface area contributed by atoms with Crippen LogP contribution in [-0.2, 0) is 10.2 Å². The summed E-state index contributed by atoms with van der Waals surface area (Å²) in [4.78, 5) is 12.4. The SMILES string of the molecule is O=C(O)C1(c2cccs2)C=C1c1ccccc1. The first-order chi connectivity index (χ1) is 8.25. The fourth-order valence-corrected chi connectivity index (χ4v) is 3.00. The van der Waals surface area contributed by atoms with Crippen molar-refractivity contribution in [1.82, 2.24) is 0 Å². The van der Waals surface area contributed by atoms with Crippen LogP contribution in [0.15, 0.2) is 53.9 Å². The predicted octanol–water partition coefficient (Wildman–Crippen LogP) is 3.17. The van der Waals surface area contributed by atoms with Crippen LogP contribution in [0, 0.1) is 0 Å². The van der Waals surface area contributed by atoms with Gasteiger partial charge in [-0.1, -0.05) is 42.5 Å². The Hall–Kier alpha value is -1.87. The Morgan fingerprint density at radius 2 is 1.88 bits per heavy atom. The van der Waals surface area contributed by atoms with Gasteiger partial charge in [-0.25, -0.2) is 0 Å². The largest absolute Gasteiger partial charge is 0.480 e. The molecule has 0 saturated carbocycles. The Kier molecular flexibility index (Phi) is 2.16. The van der Waals surface area contributed by atoms with Crippen molar-refractivity contribution in [2.45, 2.75) is 5.41 Å². The quantitative estimate of drug-likeness (QED) is 0.897. The highest BCUT2D eigenvalue weighted by atomic mass is 32.1. The predicted molar refractivity (Wildman–Crippen MR) is 68.1 cm³/mol. The third-order valence-electron chi connectivity index (χ3n) is 3.03. The van der Waals surface area contributed by atoms with Crippen molar-refractivity contribution < 1.29 is 9.90 Å². The van der Waals surface area contributed by atoms with Crippen molar-refractivity contribution in [3.8, 4) is 0 Å². The van der Waals surface area contributed by atoms with Gasteiger partial charge < -0.3 is 5.11 Å². The molecule has 3 heteroatoms. The molecule has 0 spiro atoms. The van der Waals surface area contributed by atoms with E-state index in [1.165, 1.54) is 11.3 Å². The number of carboxylic acid groups (broad SMARTS) is 1. The molecule has 1 heterocycles. The number of carbonyl (C=O) groups is 1. The number of rotatable bonds is 3. The Balaban J connectivity index is 2.02.